The lowest BCUT2D eigenvalue weighted by molar-refractivity contribution is -0.140. The fourth-order valence-electron chi connectivity index (χ4n) is 1.91. The number of urea groups is 1. The highest BCUT2D eigenvalue weighted by Gasteiger charge is 2.34. The summed E-state index contributed by atoms with van der Waals surface area (Å²) in [5.41, 5.74) is 0. The number of nitrogens with one attached hydrogen (secondary N) is 1. The van der Waals surface area contributed by atoms with Gasteiger partial charge in [-0.15, -0.1) is 0 Å². The summed E-state index contributed by atoms with van der Waals surface area (Å²) in [7, 11) is 0. The lowest BCUT2D eigenvalue weighted by atomic mass is 9.99. The molecule has 0 aromatic rings. The second-order valence-corrected chi connectivity index (χ2v) is 4.98. The van der Waals surface area contributed by atoms with E-state index in [-0.39, 0.29) is 24.4 Å². The number of carboxylic acids is 1. The van der Waals surface area contributed by atoms with E-state index < -0.39 is 12.0 Å². The first-order valence-electron chi connectivity index (χ1n) is 6.68. The summed E-state index contributed by atoms with van der Waals surface area (Å²) in [6.07, 6.45) is 2.81. The number of hydrogen-bond acceptors (Lipinski definition) is 3. The Bertz CT molecular complexity index is 374. The van der Waals surface area contributed by atoms with Crippen LogP contribution >= 0.6 is 0 Å². The third-order valence-corrected chi connectivity index (χ3v) is 3.47. The maximum atomic E-state index is 12.1. The summed E-state index contributed by atoms with van der Waals surface area (Å²) < 4.78 is 0. The van der Waals surface area contributed by atoms with Gasteiger partial charge in [0.2, 0.25) is 0 Å². The number of aliphatic carboxylic acids is 1. The van der Waals surface area contributed by atoms with E-state index in [0.717, 1.165) is 12.8 Å². The van der Waals surface area contributed by atoms with E-state index >= 15 is 0 Å². The van der Waals surface area contributed by atoms with Crippen LogP contribution in [0.15, 0.2) is 0 Å². The van der Waals surface area contributed by atoms with E-state index in [4.69, 9.17) is 10.4 Å². The van der Waals surface area contributed by atoms with Gasteiger partial charge in [0.15, 0.2) is 0 Å². The van der Waals surface area contributed by atoms with Crippen molar-refractivity contribution in [2.75, 3.05) is 6.54 Å². The number of carbonyl (C=O) groups excluding carboxylic acids is 1. The molecular formula is C13H21N3O3. The van der Waals surface area contributed by atoms with E-state index in [1.807, 2.05) is 13.0 Å². The standard InChI is InChI=1S/C13H21N3O3/c1-3-9(2)11(12(17)18)15-13(19)16(8-4-7-14)10-5-6-10/h9-11H,3-6,8H2,1-2H3,(H,15,19)(H,17,18)/t9?,11-/m0/s1. The number of nitrogens with zero attached hydrogens (tertiary/aromatic N) is 2. The van der Waals surface area contributed by atoms with Crippen LogP contribution in [0.2, 0.25) is 0 Å². The Morgan fingerprint density at radius 3 is 2.58 bits per heavy atom. The average molecular weight is 267 g/mol. The number of carboxylic acid groups (broad SMARTS) is 1. The van der Waals surface area contributed by atoms with Crippen LogP contribution in [0.1, 0.15) is 39.5 Å². The molecule has 2 atom stereocenters. The van der Waals surface area contributed by atoms with Crippen LogP contribution in [-0.4, -0.2) is 40.6 Å². The molecule has 6 nitrogen and oxygen atoms in total. The van der Waals surface area contributed by atoms with Gasteiger partial charge in [0.1, 0.15) is 6.04 Å². The van der Waals surface area contributed by atoms with E-state index in [2.05, 4.69) is 5.32 Å². The van der Waals surface area contributed by atoms with Crippen LogP contribution in [0.3, 0.4) is 0 Å². The molecule has 0 aromatic heterocycles. The van der Waals surface area contributed by atoms with Crippen LogP contribution in [0.25, 0.3) is 0 Å². The Hall–Kier alpha value is -1.77. The minimum absolute atomic E-state index is 0.126. The van der Waals surface area contributed by atoms with Gasteiger partial charge in [-0.05, 0) is 18.8 Å². The zero-order valence-corrected chi connectivity index (χ0v) is 11.4. The summed E-state index contributed by atoms with van der Waals surface area (Å²) in [4.78, 5) is 24.9. The number of hydrogen-bond donors (Lipinski definition) is 2. The van der Waals surface area contributed by atoms with Gasteiger partial charge in [-0.3, -0.25) is 0 Å². The van der Waals surface area contributed by atoms with Gasteiger partial charge >= 0.3 is 12.0 Å². The molecule has 106 valence electrons. The first-order chi connectivity index (χ1) is 9.01. The molecule has 0 spiro atoms. The van der Waals surface area contributed by atoms with Gasteiger partial charge in [-0.1, -0.05) is 20.3 Å². The molecule has 0 aromatic carbocycles. The Morgan fingerprint density at radius 1 is 1.53 bits per heavy atom. The number of rotatable bonds is 7. The third-order valence-electron chi connectivity index (χ3n) is 3.47. The first-order valence-corrected chi connectivity index (χ1v) is 6.68. The molecule has 1 rings (SSSR count). The normalized spacial score (nSPS) is 17.1. The average Bonchev–Trinajstić information content (AvgIpc) is 3.19. The molecule has 2 amide bonds. The molecule has 1 aliphatic rings. The highest BCUT2D eigenvalue weighted by Crippen LogP contribution is 2.27. The number of amides is 2. The molecule has 6 heteroatoms. The smallest absolute Gasteiger partial charge is 0.326 e. The van der Waals surface area contributed by atoms with Gasteiger partial charge in [-0.25, -0.2) is 9.59 Å². The van der Waals surface area contributed by atoms with Crippen molar-refractivity contribution in [3.63, 3.8) is 0 Å². The maximum Gasteiger partial charge on any atom is 0.326 e. The summed E-state index contributed by atoms with van der Waals surface area (Å²) >= 11 is 0. The summed E-state index contributed by atoms with van der Waals surface area (Å²) in [5.74, 6) is -1.14. The van der Waals surface area contributed by atoms with Gasteiger partial charge in [0.25, 0.3) is 0 Å². The highest BCUT2D eigenvalue weighted by atomic mass is 16.4. The van der Waals surface area contributed by atoms with Crippen molar-refractivity contribution in [3.8, 4) is 6.07 Å². The molecule has 2 N–H and O–H groups in total. The van der Waals surface area contributed by atoms with Crippen molar-refractivity contribution in [2.45, 2.75) is 51.6 Å². The molecule has 0 saturated heterocycles. The molecule has 0 radical (unpaired) electrons. The Labute approximate surface area is 113 Å². The minimum atomic E-state index is -1.02. The molecule has 0 bridgehead atoms. The van der Waals surface area contributed by atoms with Crippen molar-refractivity contribution in [3.05, 3.63) is 0 Å². The summed E-state index contributed by atoms with van der Waals surface area (Å²) in [6, 6.07) is 0.930. The molecular weight excluding hydrogens is 246 g/mol. The van der Waals surface area contributed by atoms with E-state index in [1.165, 1.54) is 0 Å². The fraction of sp³-hybridized carbons (Fsp3) is 0.769. The highest BCUT2D eigenvalue weighted by molar-refractivity contribution is 5.83. The second-order valence-electron chi connectivity index (χ2n) is 4.98. The molecule has 1 aliphatic carbocycles. The van der Waals surface area contributed by atoms with Gasteiger partial charge in [-0.2, -0.15) is 5.26 Å². The topological polar surface area (TPSA) is 93.4 Å². The van der Waals surface area contributed by atoms with Crippen LogP contribution < -0.4 is 5.32 Å². The molecule has 1 unspecified atom stereocenters. The Balaban J connectivity index is 2.63. The third kappa shape index (κ3) is 4.43. The predicted molar refractivity (Wildman–Crippen MR) is 69.4 cm³/mol. The van der Waals surface area contributed by atoms with Crippen LogP contribution in [0.4, 0.5) is 4.79 Å². The van der Waals surface area contributed by atoms with Crippen LogP contribution in [0.5, 0.6) is 0 Å². The zero-order valence-electron chi connectivity index (χ0n) is 11.4. The van der Waals surface area contributed by atoms with Crippen molar-refractivity contribution in [1.29, 1.82) is 5.26 Å². The van der Waals surface area contributed by atoms with Crippen molar-refractivity contribution < 1.29 is 14.7 Å². The van der Waals surface area contributed by atoms with Crippen molar-refractivity contribution in [1.82, 2.24) is 10.2 Å². The lowest BCUT2D eigenvalue weighted by Gasteiger charge is -2.26. The lowest BCUT2D eigenvalue weighted by Crippen LogP contribution is -2.51. The van der Waals surface area contributed by atoms with Crippen LogP contribution in [-0.2, 0) is 4.79 Å². The molecule has 0 aliphatic heterocycles. The van der Waals surface area contributed by atoms with Gasteiger partial charge in [0, 0.05) is 12.6 Å². The number of nitriles is 1. The summed E-state index contributed by atoms with van der Waals surface area (Å²) in [5, 5.41) is 20.3. The predicted octanol–water partition coefficient (Wildman–Crippen LogP) is 1.57. The summed E-state index contributed by atoms with van der Waals surface area (Å²) in [6.45, 7) is 4.05. The van der Waals surface area contributed by atoms with Crippen LogP contribution in [0, 0.1) is 17.2 Å². The van der Waals surface area contributed by atoms with Gasteiger partial charge in [0.05, 0.1) is 12.5 Å². The van der Waals surface area contributed by atoms with E-state index in [1.54, 1.807) is 11.8 Å². The van der Waals surface area contributed by atoms with E-state index in [9.17, 15) is 9.59 Å². The molecule has 1 fully saturated rings. The number of carbonyl (C=O) groups is 2. The second kappa shape index (κ2) is 6.98. The Morgan fingerprint density at radius 2 is 2.16 bits per heavy atom. The quantitative estimate of drug-likeness (QED) is 0.732. The molecule has 1 saturated carbocycles. The Kier molecular flexibility index (Phi) is 5.61. The van der Waals surface area contributed by atoms with E-state index in [0.29, 0.717) is 13.0 Å². The monoisotopic (exact) mass is 267 g/mol. The largest absolute Gasteiger partial charge is 0.480 e. The SMILES string of the molecule is CCC(C)[C@H](NC(=O)N(CCC#N)C1CC1)C(=O)O. The van der Waals surface area contributed by atoms with Gasteiger partial charge < -0.3 is 15.3 Å². The maximum absolute atomic E-state index is 12.1. The first kappa shape index (κ1) is 15.3. The molecule has 0 heterocycles. The fourth-order valence-corrected chi connectivity index (χ4v) is 1.91. The van der Waals surface area contributed by atoms with Crippen molar-refractivity contribution >= 4 is 12.0 Å². The van der Waals surface area contributed by atoms with Crippen molar-refractivity contribution in [2.24, 2.45) is 5.92 Å². The zero-order chi connectivity index (χ0) is 14.4. The molecule has 19 heavy (non-hydrogen) atoms. The minimum Gasteiger partial charge on any atom is -0.480 e.